The number of carbonyl (C=O) groups is 1. The lowest BCUT2D eigenvalue weighted by Crippen LogP contribution is -2.06. The molecule has 0 bridgehead atoms. The van der Waals surface area contributed by atoms with Gasteiger partial charge < -0.3 is 19.9 Å². The molecule has 1 aliphatic heterocycles. The molecule has 0 aromatic heterocycles. The molecule has 74 valence electrons. The Morgan fingerprint density at radius 1 is 1.43 bits per heavy atom. The van der Waals surface area contributed by atoms with Crippen molar-refractivity contribution in [2.24, 2.45) is 0 Å². The average Bonchev–Trinajstić information content (AvgIpc) is 2.58. The highest BCUT2D eigenvalue weighted by Crippen LogP contribution is 2.45. The Balaban J connectivity index is 2.43. The van der Waals surface area contributed by atoms with E-state index in [1.165, 1.54) is 13.0 Å². The molecule has 1 aromatic rings. The fourth-order valence-corrected chi connectivity index (χ4v) is 1.27. The smallest absolute Gasteiger partial charge is 0.231 e. The fourth-order valence-electron chi connectivity index (χ4n) is 1.27. The summed E-state index contributed by atoms with van der Waals surface area (Å²) >= 11 is 0. The van der Waals surface area contributed by atoms with E-state index in [2.05, 4.69) is 5.32 Å². The van der Waals surface area contributed by atoms with Gasteiger partial charge in [0.15, 0.2) is 11.5 Å². The molecule has 1 aromatic carbocycles. The summed E-state index contributed by atoms with van der Waals surface area (Å²) in [6, 6.07) is 3.00. The van der Waals surface area contributed by atoms with Crippen LogP contribution in [-0.4, -0.2) is 17.8 Å². The molecule has 0 fully saturated rings. The van der Waals surface area contributed by atoms with Crippen LogP contribution in [0.2, 0.25) is 0 Å². The van der Waals surface area contributed by atoms with Gasteiger partial charge in [0.2, 0.25) is 18.4 Å². The largest absolute Gasteiger partial charge is 0.504 e. The van der Waals surface area contributed by atoms with Gasteiger partial charge in [-0.2, -0.15) is 0 Å². The Kier molecular flexibility index (Phi) is 1.92. The molecule has 0 radical (unpaired) electrons. The number of ether oxygens (including phenoxy) is 2. The number of amides is 1. The maximum atomic E-state index is 10.8. The summed E-state index contributed by atoms with van der Waals surface area (Å²) < 4.78 is 10.1. The SMILES string of the molecule is CC(=O)Nc1ccc(O)c2c1OCO2. The number of hydrogen-bond donors (Lipinski definition) is 2. The van der Waals surface area contributed by atoms with Gasteiger partial charge in [-0.3, -0.25) is 4.79 Å². The first-order valence-corrected chi connectivity index (χ1v) is 4.07. The van der Waals surface area contributed by atoms with Crippen molar-refractivity contribution >= 4 is 11.6 Å². The van der Waals surface area contributed by atoms with Gasteiger partial charge >= 0.3 is 0 Å². The predicted octanol–water partition coefficient (Wildman–Crippen LogP) is 1.08. The summed E-state index contributed by atoms with van der Waals surface area (Å²) in [5.74, 6) is 0.455. The van der Waals surface area contributed by atoms with Gasteiger partial charge in [-0.15, -0.1) is 0 Å². The zero-order valence-electron chi connectivity index (χ0n) is 7.53. The average molecular weight is 195 g/mol. The van der Waals surface area contributed by atoms with E-state index in [0.717, 1.165) is 0 Å². The Labute approximate surface area is 80.3 Å². The van der Waals surface area contributed by atoms with Crippen molar-refractivity contribution in [1.29, 1.82) is 0 Å². The van der Waals surface area contributed by atoms with Gasteiger partial charge in [-0.1, -0.05) is 0 Å². The van der Waals surface area contributed by atoms with E-state index in [0.29, 0.717) is 11.4 Å². The molecule has 5 heteroatoms. The van der Waals surface area contributed by atoms with E-state index >= 15 is 0 Å². The highest BCUT2D eigenvalue weighted by molar-refractivity contribution is 5.91. The molecule has 1 heterocycles. The predicted molar refractivity (Wildman–Crippen MR) is 48.5 cm³/mol. The Morgan fingerprint density at radius 2 is 2.14 bits per heavy atom. The van der Waals surface area contributed by atoms with E-state index in [-0.39, 0.29) is 24.2 Å². The highest BCUT2D eigenvalue weighted by atomic mass is 16.7. The van der Waals surface area contributed by atoms with Crippen molar-refractivity contribution < 1.29 is 19.4 Å². The molecule has 2 N–H and O–H groups in total. The summed E-state index contributed by atoms with van der Waals surface area (Å²) in [5.41, 5.74) is 0.503. The van der Waals surface area contributed by atoms with Crippen LogP contribution in [0.3, 0.4) is 0 Å². The van der Waals surface area contributed by atoms with Gasteiger partial charge in [-0.25, -0.2) is 0 Å². The van der Waals surface area contributed by atoms with Gasteiger partial charge in [0, 0.05) is 6.92 Å². The van der Waals surface area contributed by atoms with Crippen molar-refractivity contribution in [2.75, 3.05) is 12.1 Å². The number of benzene rings is 1. The first kappa shape index (κ1) is 8.68. The molecule has 0 atom stereocenters. The van der Waals surface area contributed by atoms with Crippen molar-refractivity contribution in [3.8, 4) is 17.2 Å². The second kappa shape index (κ2) is 3.10. The maximum absolute atomic E-state index is 10.8. The van der Waals surface area contributed by atoms with Crippen molar-refractivity contribution in [1.82, 2.24) is 0 Å². The van der Waals surface area contributed by atoms with Crippen LogP contribution in [0.4, 0.5) is 5.69 Å². The highest BCUT2D eigenvalue weighted by Gasteiger charge is 2.22. The third-order valence-electron chi connectivity index (χ3n) is 1.81. The molecule has 0 saturated heterocycles. The second-order valence-electron chi connectivity index (χ2n) is 2.88. The maximum Gasteiger partial charge on any atom is 0.231 e. The minimum absolute atomic E-state index is 0.00611. The summed E-state index contributed by atoms with van der Waals surface area (Å²) in [7, 11) is 0. The van der Waals surface area contributed by atoms with Gasteiger partial charge in [0.05, 0.1) is 5.69 Å². The topological polar surface area (TPSA) is 67.8 Å². The van der Waals surface area contributed by atoms with Gasteiger partial charge in [0.25, 0.3) is 0 Å². The van der Waals surface area contributed by atoms with Crippen LogP contribution in [0, 0.1) is 0 Å². The first-order chi connectivity index (χ1) is 6.68. The molecule has 14 heavy (non-hydrogen) atoms. The first-order valence-electron chi connectivity index (χ1n) is 4.07. The summed E-state index contributed by atoms with van der Waals surface area (Å²) in [5, 5.41) is 11.9. The third-order valence-corrected chi connectivity index (χ3v) is 1.81. The molecular weight excluding hydrogens is 186 g/mol. The summed E-state index contributed by atoms with van der Waals surface area (Å²) in [6.07, 6.45) is 0. The van der Waals surface area contributed by atoms with Crippen molar-refractivity contribution in [2.45, 2.75) is 6.92 Å². The van der Waals surface area contributed by atoms with E-state index in [1.807, 2.05) is 0 Å². The van der Waals surface area contributed by atoms with Crippen molar-refractivity contribution in [3.05, 3.63) is 12.1 Å². The molecule has 1 aliphatic rings. The van der Waals surface area contributed by atoms with Crippen LogP contribution >= 0.6 is 0 Å². The van der Waals surface area contributed by atoms with Crippen LogP contribution in [0.1, 0.15) is 6.92 Å². The minimum atomic E-state index is -0.201. The molecular formula is C9H9NO4. The number of rotatable bonds is 1. The number of hydrogen-bond acceptors (Lipinski definition) is 4. The number of nitrogens with one attached hydrogen (secondary N) is 1. The van der Waals surface area contributed by atoms with Crippen LogP contribution in [0.25, 0.3) is 0 Å². The molecule has 5 nitrogen and oxygen atoms in total. The number of carbonyl (C=O) groups excluding carboxylic acids is 1. The van der Waals surface area contributed by atoms with Crippen LogP contribution < -0.4 is 14.8 Å². The normalized spacial score (nSPS) is 12.6. The molecule has 0 spiro atoms. The van der Waals surface area contributed by atoms with E-state index in [4.69, 9.17) is 9.47 Å². The van der Waals surface area contributed by atoms with Crippen molar-refractivity contribution in [3.63, 3.8) is 0 Å². The third kappa shape index (κ3) is 1.32. The lowest BCUT2D eigenvalue weighted by molar-refractivity contribution is -0.114. The van der Waals surface area contributed by atoms with Crippen LogP contribution in [-0.2, 0) is 4.79 Å². The lowest BCUT2D eigenvalue weighted by Gasteiger charge is -2.06. The Hall–Kier alpha value is -1.91. The fraction of sp³-hybridized carbons (Fsp3) is 0.222. The van der Waals surface area contributed by atoms with Crippen LogP contribution in [0.5, 0.6) is 17.2 Å². The summed E-state index contributed by atoms with van der Waals surface area (Å²) in [4.78, 5) is 10.8. The Bertz CT molecular complexity index is 389. The molecule has 0 aliphatic carbocycles. The quantitative estimate of drug-likeness (QED) is 0.658. The van der Waals surface area contributed by atoms with E-state index in [9.17, 15) is 9.90 Å². The monoisotopic (exact) mass is 195 g/mol. The minimum Gasteiger partial charge on any atom is -0.504 e. The molecule has 1 amide bonds. The zero-order valence-corrected chi connectivity index (χ0v) is 7.53. The van der Waals surface area contributed by atoms with E-state index in [1.54, 1.807) is 6.07 Å². The number of phenolic OH excluding ortho intramolecular Hbond substituents is 1. The number of anilines is 1. The standard InChI is InChI=1S/C9H9NO4/c1-5(11)10-6-2-3-7(12)9-8(6)13-4-14-9/h2-3,12H,4H2,1H3,(H,10,11). The van der Waals surface area contributed by atoms with Crippen LogP contribution in [0.15, 0.2) is 12.1 Å². The second-order valence-corrected chi connectivity index (χ2v) is 2.88. The number of aromatic hydroxyl groups is 1. The molecule has 0 unspecified atom stereocenters. The zero-order chi connectivity index (χ0) is 10.1. The van der Waals surface area contributed by atoms with E-state index < -0.39 is 0 Å². The molecule has 0 saturated carbocycles. The lowest BCUT2D eigenvalue weighted by atomic mass is 10.2. The summed E-state index contributed by atoms with van der Waals surface area (Å²) in [6.45, 7) is 1.45. The number of phenols is 1. The van der Waals surface area contributed by atoms with Gasteiger partial charge in [0.1, 0.15) is 0 Å². The van der Waals surface area contributed by atoms with Gasteiger partial charge in [-0.05, 0) is 12.1 Å². The Morgan fingerprint density at radius 3 is 2.86 bits per heavy atom. The number of fused-ring (bicyclic) bond motifs is 1. The molecule has 2 rings (SSSR count).